The fourth-order valence-corrected chi connectivity index (χ4v) is 1.93. The second-order valence-corrected chi connectivity index (χ2v) is 5.49. The number of carbonyl (C=O) groups is 1. The van der Waals surface area contributed by atoms with Gasteiger partial charge < -0.3 is 15.1 Å². The number of ether oxygens (including phenoxy) is 1. The van der Waals surface area contributed by atoms with Crippen molar-refractivity contribution in [2.45, 2.75) is 27.0 Å². The lowest BCUT2D eigenvalue weighted by molar-refractivity contribution is 0.111. The van der Waals surface area contributed by atoms with E-state index in [0.717, 1.165) is 11.3 Å². The minimum Gasteiger partial charge on any atom is -0.487 e. The van der Waals surface area contributed by atoms with E-state index in [0.29, 0.717) is 24.5 Å². The van der Waals surface area contributed by atoms with E-state index in [1.54, 1.807) is 6.20 Å². The molecule has 0 aliphatic carbocycles. The first-order valence-corrected chi connectivity index (χ1v) is 7.59. The monoisotopic (exact) mass is 328 g/mol. The molecule has 2 N–H and O–H groups in total. The summed E-state index contributed by atoms with van der Waals surface area (Å²) in [5.74, 6) is 0.691. The van der Waals surface area contributed by atoms with Crippen molar-refractivity contribution in [1.29, 1.82) is 0 Å². The summed E-state index contributed by atoms with van der Waals surface area (Å²) < 4.78 is 5.65. The van der Waals surface area contributed by atoms with Gasteiger partial charge >= 0.3 is 0 Å². The highest BCUT2D eigenvalue weighted by Crippen LogP contribution is 2.15. The van der Waals surface area contributed by atoms with Crippen LogP contribution >= 0.6 is 0 Å². The van der Waals surface area contributed by atoms with Gasteiger partial charge in [0.05, 0.1) is 17.8 Å². The number of hydrazone groups is 1. The zero-order valence-electron chi connectivity index (χ0n) is 13.7. The molecule has 0 aromatic carbocycles. The summed E-state index contributed by atoms with van der Waals surface area (Å²) in [6.07, 6.45) is 5.49. The Morgan fingerprint density at radius 3 is 3.04 bits per heavy atom. The molecule has 0 spiro atoms. The van der Waals surface area contributed by atoms with Crippen molar-refractivity contribution < 1.29 is 9.53 Å². The van der Waals surface area contributed by atoms with E-state index < -0.39 is 0 Å². The Balaban J connectivity index is 2.05. The van der Waals surface area contributed by atoms with Crippen molar-refractivity contribution in [2.75, 3.05) is 0 Å². The lowest BCUT2D eigenvalue weighted by Gasteiger charge is -2.11. The van der Waals surface area contributed by atoms with E-state index in [4.69, 9.17) is 4.74 Å². The van der Waals surface area contributed by atoms with Crippen LogP contribution in [0.15, 0.2) is 40.5 Å². The van der Waals surface area contributed by atoms with Crippen molar-refractivity contribution in [1.82, 2.24) is 15.4 Å². The van der Waals surface area contributed by atoms with Gasteiger partial charge in [0.2, 0.25) is 5.56 Å². The van der Waals surface area contributed by atoms with E-state index in [9.17, 15) is 9.59 Å². The SMILES string of the molecule is CC(C)/C=N\NCc1ncccc1COc1c[nH]c(=O)cc1C=O. The zero-order chi connectivity index (χ0) is 17.4. The van der Waals surface area contributed by atoms with Gasteiger partial charge in [-0.3, -0.25) is 14.6 Å². The van der Waals surface area contributed by atoms with Gasteiger partial charge in [-0.25, -0.2) is 0 Å². The van der Waals surface area contributed by atoms with Gasteiger partial charge in [-0.2, -0.15) is 5.10 Å². The predicted molar refractivity (Wildman–Crippen MR) is 91.2 cm³/mol. The molecule has 7 heteroatoms. The highest BCUT2D eigenvalue weighted by molar-refractivity contribution is 5.78. The molecule has 0 unspecified atom stereocenters. The lowest BCUT2D eigenvalue weighted by atomic mass is 10.2. The molecule has 0 atom stereocenters. The van der Waals surface area contributed by atoms with Crippen LogP contribution < -0.4 is 15.7 Å². The van der Waals surface area contributed by atoms with Crippen molar-refractivity contribution in [3.8, 4) is 5.75 Å². The normalized spacial score (nSPS) is 11.0. The fourth-order valence-electron chi connectivity index (χ4n) is 1.93. The Labute approximate surface area is 139 Å². The molecule has 2 heterocycles. The number of carbonyl (C=O) groups excluding carboxylic acids is 1. The molecule has 0 aliphatic heterocycles. The van der Waals surface area contributed by atoms with E-state index in [1.807, 2.05) is 32.2 Å². The topological polar surface area (TPSA) is 96.4 Å². The molecule has 24 heavy (non-hydrogen) atoms. The number of H-pyrrole nitrogens is 1. The standard InChI is InChI=1S/C17H20N4O3/c1-12(2)7-20-21-8-15-13(4-3-5-18-15)11-24-16-9-19-17(23)6-14(16)10-22/h3-7,9-10,12,21H,8,11H2,1-2H3,(H,19,23)/b20-7-. The highest BCUT2D eigenvalue weighted by atomic mass is 16.5. The average molecular weight is 328 g/mol. The molecule has 2 rings (SSSR count). The quantitative estimate of drug-likeness (QED) is 0.438. The number of aldehydes is 1. The second-order valence-electron chi connectivity index (χ2n) is 5.49. The third kappa shape index (κ3) is 5.05. The summed E-state index contributed by atoms with van der Waals surface area (Å²) in [5.41, 5.74) is 4.48. The van der Waals surface area contributed by atoms with Crippen LogP contribution in [0, 0.1) is 5.92 Å². The van der Waals surface area contributed by atoms with Crippen LogP contribution in [0.2, 0.25) is 0 Å². The third-order valence-corrected chi connectivity index (χ3v) is 3.12. The third-order valence-electron chi connectivity index (χ3n) is 3.12. The molecule has 0 saturated carbocycles. The van der Waals surface area contributed by atoms with E-state index >= 15 is 0 Å². The number of pyridine rings is 2. The van der Waals surface area contributed by atoms with E-state index in [-0.39, 0.29) is 17.7 Å². The molecule has 0 fully saturated rings. The number of nitrogens with zero attached hydrogens (tertiary/aromatic N) is 2. The fraction of sp³-hybridized carbons (Fsp3) is 0.294. The molecular weight excluding hydrogens is 308 g/mol. The Kier molecular flexibility index (Phi) is 6.24. The molecule has 0 radical (unpaired) electrons. The number of nitrogens with one attached hydrogen (secondary N) is 2. The number of hydrogen-bond acceptors (Lipinski definition) is 6. The average Bonchev–Trinajstić information content (AvgIpc) is 2.58. The van der Waals surface area contributed by atoms with Gasteiger partial charge in [0.1, 0.15) is 12.4 Å². The van der Waals surface area contributed by atoms with Crippen LogP contribution in [0.5, 0.6) is 5.75 Å². The summed E-state index contributed by atoms with van der Waals surface area (Å²) in [6.45, 7) is 4.78. The molecule has 0 saturated heterocycles. The summed E-state index contributed by atoms with van der Waals surface area (Å²) in [5, 5.41) is 4.12. The molecule has 7 nitrogen and oxygen atoms in total. The second kappa shape index (κ2) is 8.61. The minimum absolute atomic E-state index is 0.212. The van der Waals surface area contributed by atoms with Crippen molar-refractivity contribution >= 4 is 12.5 Å². The number of rotatable bonds is 8. The zero-order valence-corrected chi connectivity index (χ0v) is 13.7. The summed E-state index contributed by atoms with van der Waals surface area (Å²) in [4.78, 5) is 29.1. The molecule has 0 amide bonds. The number of aromatic amines is 1. The van der Waals surface area contributed by atoms with Crippen LogP contribution in [-0.2, 0) is 13.2 Å². The van der Waals surface area contributed by atoms with Crippen LogP contribution in [0.3, 0.4) is 0 Å². The minimum atomic E-state index is -0.348. The Morgan fingerprint density at radius 2 is 2.29 bits per heavy atom. The van der Waals surface area contributed by atoms with Crippen LogP contribution in [-0.4, -0.2) is 22.5 Å². The largest absolute Gasteiger partial charge is 0.487 e. The van der Waals surface area contributed by atoms with E-state index in [2.05, 4.69) is 20.5 Å². The first-order valence-electron chi connectivity index (χ1n) is 7.59. The van der Waals surface area contributed by atoms with Gasteiger partial charge in [0.15, 0.2) is 6.29 Å². The summed E-state index contributed by atoms with van der Waals surface area (Å²) in [7, 11) is 0. The van der Waals surface area contributed by atoms with Gasteiger partial charge in [0.25, 0.3) is 0 Å². The van der Waals surface area contributed by atoms with Gasteiger partial charge in [0, 0.05) is 30.2 Å². The maximum atomic E-state index is 11.2. The Bertz CT molecular complexity index is 768. The lowest BCUT2D eigenvalue weighted by Crippen LogP contribution is -2.12. The van der Waals surface area contributed by atoms with Crippen molar-refractivity contribution in [2.24, 2.45) is 11.0 Å². The van der Waals surface area contributed by atoms with Gasteiger partial charge in [-0.15, -0.1) is 0 Å². The summed E-state index contributed by atoms with van der Waals surface area (Å²) >= 11 is 0. The van der Waals surface area contributed by atoms with E-state index in [1.165, 1.54) is 12.3 Å². The number of hydrogen-bond donors (Lipinski definition) is 2. The maximum Gasteiger partial charge on any atom is 0.248 e. The molecule has 0 aliphatic rings. The smallest absolute Gasteiger partial charge is 0.248 e. The van der Waals surface area contributed by atoms with Gasteiger partial charge in [-0.1, -0.05) is 19.9 Å². The first-order chi connectivity index (χ1) is 11.6. The van der Waals surface area contributed by atoms with Crippen molar-refractivity contribution in [3.63, 3.8) is 0 Å². The highest BCUT2D eigenvalue weighted by Gasteiger charge is 2.07. The molecule has 2 aromatic heterocycles. The van der Waals surface area contributed by atoms with Crippen LogP contribution in [0.4, 0.5) is 0 Å². The first kappa shape index (κ1) is 17.4. The summed E-state index contributed by atoms with van der Waals surface area (Å²) in [6, 6.07) is 4.91. The van der Waals surface area contributed by atoms with Crippen LogP contribution in [0.25, 0.3) is 0 Å². The molecular formula is C17H20N4O3. The van der Waals surface area contributed by atoms with Crippen LogP contribution in [0.1, 0.15) is 35.5 Å². The molecule has 0 bridgehead atoms. The molecule has 2 aromatic rings. The van der Waals surface area contributed by atoms with Gasteiger partial charge in [-0.05, 0) is 12.0 Å². The Morgan fingerprint density at radius 1 is 1.46 bits per heavy atom. The number of aromatic nitrogens is 2. The maximum absolute atomic E-state index is 11.2. The van der Waals surface area contributed by atoms with Crippen molar-refractivity contribution in [3.05, 3.63) is 57.8 Å². The predicted octanol–water partition coefficient (Wildman–Crippen LogP) is 1.89. The molecule has 126 valence electrons. The Hall–Kier alpha value is -2.96.